The Balaban J connectivity index is 1.87. The van der Waals surface area contributed by atoms with Gasteiger partial charge in [0.15, 0.2) is 5.78 Å². The lowest BCUT2D eigenvalue weighted by molar-refractivity contribution is 0.104. The van der Waals surface area contributed by atoms with E-state index in [1.54, 1.807) is 18.3 Å². The van der Waals surface area contributed by atoms with Crippen molar-refractivity contribution >= 4 is 11.5 Å². The summed E-state index contributed by atoms with van der Waals surface area (Å²) in [4.78, 5) is 12.1. The fourth-order valence-electron chi connectivity index (χ4n) is 2.01. The van der Waals surface area contributed by atoms with Gasteiger partial charge in [0, 0.05) is 23.5 Å². The van der Waals surface area contributed by atoms with Crippen LogP contribution in [-0.2, 0) is 0 Å². The number of allylic oxidation sites excluding steroid dienone is 1. The van der Waals surface area contributed by atoms with Crippen molar-refractivity contribution in [2.24, 2.45) is 0 Å². The highest BCUT2D eigenvalue weighted by Gasteiger charge is 2.02. The minimum absolute atomic E-state index is 0.0373. The lowest BCUT2D eigenvalue weighted by Gasteiger charge is -2.05. The number of ketones is 1. The standard InChI is InChI=1S/C20H23NO2/c1-3-4-15-23-19-11-7-17(8-12-19)20(22)13-14-21-18-9-5-16(2)6-10-18/h5-14,21H,3-4,15H2,1-2H3. The fourth-order valence-corrected chi connectivity index (χ4v) is 2.01. The van der Waals surface area contributed by atoms with Crippen LogP contribution in [0.1, 0.15) is 35.7 Å². The molecule has 0 bridgehead atoms. The fraction of sp³-hybridized carbons (Fsp3) is 0.250. The van der Waals surface area contributed by atoms with Gasteiger partial charge in [-0.05, 0) is 49.7 Å². The molecule has 2 aromatic rings. The third-order valence-electron chi connectivity index (χ3n) is 3.44. The summed E-state index contributed by atoms with van der Waals surface area (Å²) >= 11 is 0. The van der Waals surface area contributed by atoms with E-state index >= 15 is 0 Å². The lowest BCUT2D eigenvalue weighted by atomic mass is 10.1. The molecule has 3 nitrogen and oxygen atoms in total. The van der Waals surface area contributed by atoms with E-state index in [0.717, 1.165) is 24.3 Å². The Bertz CT molecular complexity index is 642. The summed E-state index contributed by atoms with van der Waals surface area (Å²) in [6.45, 7) is 4.88. The maximum Gasteiger partial charge on any atom is 0.187 e. The number of hydrogen-bond donors (Lipinski definition) is 1. The van der Waals surface area contributed by atoms with Crippen LogP contribution in [-0.4, -0.2) is 12.4 Å². The number of ether oxygens (including phenoxy) is 1. The Kier molecular flexibility index (Phi) is 6.42. The summed E-state index contributed by atoms with van der Waals surface area (Å²) in [5.74, 6) is 0.765. The Morgan fingerprint density at radius 1 is 1.09 bits per heavy atom. The molecule has 0 unspecified atom stereocenters. The monoisotopic (exact) mass is 309 g/mol. The molecule has 1 N–H and O–H groups in total. The number of hydrogen-bond acceptors (Lipinski definition) is 3. The van der Waals surface area contributed by atoms with E-state index in [1.165, 1.54) is 11.6 Å². The Hall–Kier alpha value is -2.55. The molecule has 0 aliphatic heterocycles. The third kappa shape index (κ3) is 5.62. The van der Waals surface area contributed by atoms with Crippen LogP contribution in [0.3, 0.4) is 0 Å². The molecule has 0 amide bonds. The van der Waals surface area contributed by atoms with Crippen LogP contribution in [0.15, 0.2) is 60.8 Å². The molecule has 120 valence electrons. The number of rotatable bonds is 8. The summed E-state index contributed by atoms with van der Waals surface area (Å²) in [6, 6.07) is 15.3. The molecule has 23 heavy (non-hydrogen) atoms. The van der Waals surface area contributed by atoms with Gasteiger partial charge in [0.1, 0.15) is 5.75 Å². The number of aryl methyl sites for hydroxylation is 1. The summed E-state index contributed by atoms with van der Waals surface area (Å²) in [7, 11) is 0. The van der Waals surface area contributed by atoms with Crippen molar-refractivity contribution in [1.82, 2.24) is 0 Å². The smallest absolute Gasteiger partial charge is 0.187 e. The van der Waals surface area contributed by atoms with E-state index in [0.29, 0.717) is 12.2 Å². The van der Waals surface area contributed by atoms with Crippen molar-refractivity contribution < 1.29 is 9.53 Å². The highest BCUT2D eigenvalue weighted by Crippen LogP contribution is 2.14. The molecular formula is C20H23NO2. The van der Waals surface area contributed by atoms with Crippen molar-refractivity contribution in [2.45, 2.75) is 26.7 Å². The van der Waals surface area contributed by atoms with E-state index < -0.39 is 0 Å². The van der Waals surface area contributed by atoms with Crippen LogP contribution in [0.2, 0.25) is 0 Å². The highest BCUT2D eigenvalue weighted by atomic mass is 16.5. The molecule has 2 rings (SSSR count). The molecule has 0 fully saturated rings. The molecule has 0 aliphatic carbocycles. The molecule has 0 saturated carbocycles. The molecule has 0 heterocycles. The number of carbonyl (C=O) groups excluding carboxylic acids is 1. The summed E-state index contributed by atoms with van der Waals surface area (Å²) < 4.78 is 5.59. The predicted molar refractivity (Wildman–Crippen MR) is 95.1 cm³/mol. The number of anilines is 1. The quantitative estimate of drug-likeness (QED) is 0.424. The Morgan fingerprint density at radius 3 is 2.43 bits per heavy atom. The summed E-state index contributed by atoms with van der Waals surface area (Å²) in [6.07, 6.45) is 5.34. The number of carbonyl (C=O) groups is 1. The number of nitrogens with one attached hydrogen (secondary N) is 1. The minimum atomic E-state index is -0.0373. The molecule has 0 aromatic heterocycles. The summed E-state index contributed by atoms with van der Waals surface area (Å²) in [5, 5.41) is 3.09. The second-order valence-corrected chi connectivity index (χ2v) is 5.43. The third-order valence-corrected chi connectivity index (χ3v) is 3.44. The zero-order valence-electron chi connectivity index (χ0n) is 13.7. The van der Waals surface area contributed by atoms with Crippen molar-refractivity contribution in [3.63, 3.8) is 0 Å². The predicted octanol–water partition coefficient (Wildman–Crippen LogP) is 4.98. The molecule has 3 heteroatoms. The van der Waals surface area contributed by atoms with Gasteiger partial charge in [-0.25, -0.2) is 0 Å². The van der Waals surface area contributed by atoms with E-state index in [1.807, 2.05) is 43.3 Å². The van der Waals surface area contributed by atoms with Crippen LogP contribution >= 0.6 is 0 Å². The molecule has 0 aliphatic rings. The lowest BCUT2D eigenvalue weighted by Crippen LogP contribution is -1.99. The molecule has 0 radical (unpaired) electrons. The van der Waals surface area contributed by atoms with E-state index in [4.69, 9.17) is 4.74 Å². The van der Waals surface area contributed by atoms with Gasteiger partial charge in [0.25, 0.3) is 0 Å². The Labute approximate surface area is 138 Å². The van der Waals surface area contributed by atoms with Crippen LogP contribution in [0, 0.1) is 6.92 Å². The molecule has 2 aromatic carbocycles. The first-order valence-electron chi connectivity index (χ1n) is 7.96. The van der Waals surface area contributed by atoms with Gasteiger partial charge in [-0.15, -0.1) is 0 Å². The first-order valence-corrected chi connectivity index (χ1v) is 7.96. The van der Waals surface area contributed by atoms with Crippen molar-refractivity contribution in [3.8, 4) is 5.75 Å². The zero-order chi connectivity index (χ0) is 16.5. The van der Waals surface area contributed by atoms with Crippen LogP contribution in [0.4, 0.5) is 5.69 Å². The second kappa shape index (κ2) is 8.79. The van der Waals surface area contributed by atoms with Crippen molar-refractivity contribution in [2.75, 3.05) is 11.9 Å². The number of unbranched alkanes of at least 4 members (excludes halogenated alkanes) is 1. The summed E-state index contributed by atoms with van der Waals surface area (Å²) in [5.41, 5.74) is 2.81. The van der Waals surface area contributed by atoms with Gasteiger partial charge in [0.05, 0.1) is 6.61 Å². The minimum Gasteiger partial charge on any atom is -0.494 e. The molecular weight excluding hydrogens is 286 g/mol. The van der Waals surface area contributed by atoms with Crippen LogP contribution in [0.25, 0.3) is 0 Å². The molecule has 0 saturated heterocycles. The van der Waals surface area contributed by atoms with Gasteiger partial charge in [-0.3, -0.25) is 4.79 Å². The van der Waals surface area contributed by atoms with E-state index in [2.05, 4.69) is 12.2 Å². The largest absolute Gasteiger partial charge is 0.494 e. The first-order chi connectivity index (χ1) is 11.2. The van der Waals surface area contributed by atoms with Gasteiger partial charge in [-0.1, -0.05) is 31.0 Å². The maximum absolute atomic E-state index is 12.1. The maximum atomic E-state index is 12.1. The zero-order valence-corrected chi connectivity index (χ0v) is 13.7. The van der Waals surface area contributed by atoms with Gasteiger partial charge < -0.3 is 10.1 Å². The molecule has 0 atom stereocenters. The number of benzene rings is 2. The Morgan fingerprint density at radius 2 is 1.78 bits per heavy atom. The average Bonchev–Trinajstić information content (AvgIpc) is 2.57. The topological polar surface area (TPSA) is 38.3 Å². The van der Waals surface area contributed by atoms with E-state index in [9.17, 15) is 4.79 Å². The van der Waals surface area contributed by atoms with Gasteiger partial charge >= 0.3 is 0 Å². The normalized spacial score (nSPS) is 10.7. The highest BCUT2D eigenvalue weighted by molar-refractivity contribution is 6.04. The average molecular weight is 309 g/mol. The molecule has 0 spiro atoms. The van der Waals surface area contributed by atoms with Crippen molar-refractivity contribution in [3.05, 3.63) is 71.9 Å². The second-order valence-electron chi connectivity index (χ2n) is 5.43. The first kappa shape index (κ1) is 16.8. The van der Waals surface area contributed by atoms with Crippen LogP contribution < -0.4 is 10.1 Å². The van der Waals surface area contributed by atoms with Gasteiger partial charge in [-0.2, -0.15) is 0 Å². The van der Waals surface area contributed by atoms with E-state index in [-0.39, 0.29) is 5.78 Å². The van der Waals surface area contributed by atoms with Crippen molar-refractivity contribution in [1.29, 1.82) is 0 Å². The SMILES string of the molecule is CCCCOc1ccc(C(=O)C=CNc2ccc(C)cc2)cc1. The van der Waals surface area contributed by atoms with Gasteiger partial charge in [0.2, 0.25) is 0 Å². The van der Waals surface area contributed by atoms with Crippen LogP contribution in [0.5, 0.6) is 5.75 Å².